The van der Waals surface area contributed by atoms with Crippen molar-refractivity contribution in [2.24, 2.45) is 0 Å². The Morgan fingerprint density at radius 1 is 0.333 bits per heavy atom. The predicted molar refractivity (Wildman–Crippen MR) is 0 cm³/mol. The van der Waals surface area contributed by atoms with E-state index in [2.05, 4.69) is 0 Å². The molecule has 1 radical (unpaired) electrons. The van der Waals surface area contributed by atoms with Crippen LogP contribution in [0.5, 0.6) is 0 Å². The smallest absolute Gasteiger partial charge is 1.00 e. The minimum absolute atomic E-state index is 0. The van der Waals surface area contributed by atoms with Gasteiger partial charge in [-0.25, -0.2) is 0 Å². The number of rotatable bonds is 0. The third-order valence-corrected chi connectivity index (χ3v) is 0. The summed E-state index contributed by atoms with van der Waals surface area (Å²) in [5.41, 5.74) is 0. The number of hydrogen-bond acceptors (Lipinski definition) is 0. The zero-order valence-electron chi connectivity index (χ0n) is 4.62. The molecule has 0 nitrogen and oxygen atoms in total. The van der Waals surface area contributed by atoms with Crippen LogP contribution in [0.3, 0.4) is 0 Å². The van der Waals surface area contributed by atoms with Gasteiger partial charge in [0.05, 0.1) is 0 Å². The average Bonchev–Trinajstić information content (AvgIpc) is 0. The molecule has 0 aliphatic rings. The molecule has 0 unspecified atom stereocenters. The van der Waals surface area contributed by atoms with E-state index in [1.54, 1.807) is 0 Å². The Balaban J connectivity index is 0. The molecule has 0 aromatic heterocycles. The molecule has 0 N–H and O–H groups in total. The Bertz CT molecular complexity index is 11.0. The van der Waals surface area contributed by atoms with Crippen molar-refractivity contribution in [2.45, 2.75) is 0 Å². The summed E-state index contributed by atoms with van der Waals surface area (Å²) in [6, 6.07) is 0. The van der Waals surface area contributed by atoms with E-state index in [1.807, 2.05) is 0 Å². The minimum Gasteiger partial charge on any atom is -1.00 e. The molecule has 0 bridgehead atoms. The maximum absolute atomic E-state index is 0. The van der Waals surface area contributed by atoms with Gasteiger partial charge in [-0.3, -0.25) is 0 Å². The third-order valence-electron chi connectivity index (χ3n) is 0. The first-order valence-electron chi connectivity index (χ1n) is 0. The molecule has 0 spiro atoms. The molecule has 0 amide bonds. The molecule has 0 aromatic carbocycles. The third kappa shape index (κ3) is 58.1. The fourth-order valence-electron chi connectivity index (χ4n) is 0. The quantitative estimate of drug-likeness (QED) is 0.360. The fraction of sp³-hybridized carbons (Fsp3) is 0. The Labute approximate surface area is 191 Å². The maximum Gasteiger partial charge on any atom is 3.00 e. The van der Waals surface area contributed by atoms with E-state index < -0.39 is 0 Å². The molecule has 53 valence electrons. The average molecular weight is 392 g/mol. The summed E-state index contributed by atoms with van der Waals surface area (Å²) >= 11 is 0. The van der Waals surface area contributed by atoms with Crippen molar-refractivity contribution in [1.82, 2.24) is 0 Å². The SMILES string of the molecule is [Cl-].[Cl-].[Cl-].[Cl-].[Cl-].[Cl-].[K+].[K+].[Ru+3]. The fourth-order valence-corrected chi connectivity index (χ4v) is 0. The summed E-state index contributed by atoms with van der Waals surface area (Å²) < 4.78 is 0. The van der Waals surface area contributed by atoms with Crippen LogP contribution in [0.2, 0.25) is 0 Å². The van der Waals surface area contributed by atoms with Gasteiger partial charge in [-0.15, -0.1) is 0 Å². The number of halogens is 6. The van der Waals surface area contributed by atoms with E-state index in [4.69, 9.17) is 0 Å². The standard InChI is InChI=1S/6ClH.2K.Ru/h6*1H;;;/q;;;;;;2*+1;+3/p-6. The molecule has 0 heterocycles. The molecule has 9 heteroatoms. The van der Waals surface area contributed by atoms with Crippen LogP contribution in [0, 0.1) is 0 Å². The zero-order chi connectivity index (χ0) is 0. The summed E-state index contributed by atoms with van der Waals surface area (Å²) in [5.74, 6) is 0. The second-order valence-electron chi connectivity index (χ2n) is 0. The topological polar surface area (TPSA) is 0 Å². The van der Waals surface area contributed by atoms with Crippen LogP contribution in [-0.4, -0.2) is 0 Å². The van der Waals surface area contributed by atoms with Crippen LogP contribution in [0.25, 0.3) is 0 Å². The van der Waals surface area contributed by atoms with Crippen LogP contribution in [0.1, 0.15) is 0 Å². The van der Waals surface area contributed by atoms with Crippen LogP contribution < -0.4 is 177 Å². The van der Waals surface area contributed by atoms with Gasteiger partial charge in [0.1, 0.15) is 0 Å². The van der Waals surface area contributed by atoms with Crippen molar-refractivity contribution in [2.75, 3.05) is 0 Å². The van der Waals surface area contributed by atoms with Crippen LogP contribution in [0.15, 0.2) is 0 Å². The van der Waals surface area contributed by atoms with Crippen molar-refractivity contribution in [3.8, 4) is 0 Å². The molecule has 0 rings (SSSR count). The molecule has 0 aliphatic carbocycles. The van der Waals surface area contributed by atoms with Crippen molar-refractivity contribution in [1.29, 1.82) is 0 Å². The van der Waals surface area contributed by atoms with Gasteiger partial charge in [-0.1, -0.05) is 0 Å². The van der Waals surface area contributed by atoms with E-state index in [-0.39, 0.29) is 197 Å². The first kappa shape index (κ1) is 85.7. The molecule has 0 saturated heterocycles. The first-order valence-corrected chi connectivity index (χ1v) is 0. The molecule has 0 atom stereocenters. The first-order chi connectivity index (χ1) is 0. The normalized spacial score (nSPS) is 0. The van der Waals surface area contributed by atoms with E-state index >= 15 is 0 Å². The van der Waals surface area contributed by atoms with Gasteiger partial charge in [-0.2, -0.15) is 0 Å². The van der Waals surface area contributed by atoms with Gasteiger partial charge in [0, 0.05) is 0 Å². The van der Waals surface area contributed by atoms with E-state index in [9.17, 15) is 0 Å². The van der Waals surface area contributed by atoms with E-state index in [1.165, 1.54) is 0 Å². The van der Waals surface area contributed by atoms with Gasteiger partial charge in [0.15, 0.2) is 0 Å². The molecular formula is Cl6K2Ru-. The zero-order valence-corrected chi connectivity index (χ0v) is 17.1. The largest absolute Gasteiger partial charge is 3.00 e. The molecule has 0 aliphatic heterocycles. The number of hydrogen-bond donors (Lipinski definition) is 0. The van der Waals surface area contributed by atoms with E-state index in [0.29, 0.717) is 0 Å². The molecular weight excluding hydrogens is 392 g/mol. The van der Waals surface area contributed by atoms with Crippen molar-refractivity contribution in [3.63, 3.8) is 0 Å². The summed E-state index contributed by atoms with van der Waals surface area (Å²) in [5, 5.41) is 0. The van der Waals surface area contributed by atoms with Gasteiger partial charge in [0.2, 0.25) is 0 Å². The van der Waals surface area contributed by atoms with Crippen LogP contribution in [-0.2, 0) is 19.5 Å². The Morgan fingerprint density at radius 2 is 0.333 bits per heavy atom. The molecule has 9 heavy (non-hydrogen) atoms. The summed E-state index contributed by atoms with van der Waals surface area (Å²) in [6.07, 6.45) is 0. The van der Waals surface area contributed by atoms with E-state index in [0.717, 1.165) is 0 Å². The van der Waals surface area contributed by atoms with Crippen molar-refractivity contribution < 1.29 is 197 Å². The van der Waals surface area contributed by atoms with Gasteiger partial charge in [-0.05, 0) is 0 Å². The Hall–Kier alpha value is 5.64. The summed E-state index contributed by atoms with van der Waals surface area (Å²) in [7, 11) is 0. The van der Waals surface area contributed by atoms with Crippen LogP contribution >= 0.6 is 0 Å². The van der Waals surface area contributed by atoms with Gasteiger partial charge >= 0.3 is 122 Å². The molecule has 0 saturated carbocycles. The molecule has 0 fully saturated rings. The second kappa shape index (κ2) is 68.5. The summed E-state index contributed by atoms with van der Waals surface area (Å²) in [4.78, 5) is 0. The molecule has 0 aromatic rings. The Morgan fingerprint density at radius 3 is 0.333 bits per heavy atom. The Kier molecular flexibility index (Phi) is 652. The van der Waals surface area contributed by atoms with Crippen molar-refractivity contribution in [3.05, 3.63) is 0 Å². The second-order valence-corrected chi connectivity index (χ2v) is 0. The summed E-state index contributed by atoms with van der Waals surface area (Å²) in [6.45, 7) is 0. The van der Waals surface area contributed by atoms with Gasteiger partial charge < -0.3 is 74.4 Å². The monoisotopic (exact) mass is 390 g/mol. The van der Waals surface area contributed by atoms with Crippen LogP contribution in [0.4, 0.5) is 0 Å². The van der Waals surface area contributed by atoms with Gasteiger partial charge in [0.25, 0.3) is 0 Å². The van der Waals surface area contributed by atoms with Crippen molar-refractivity contribution >= 4 is 0 Å². The maximum atomic E-state index is 0. The minimum atomic E-state index is 0. The predicted octanol–water partition coefficient (Wildman–Crippen LogP) is -24.0.